The van der Waals surface area contributed by atoms with Gasteiger partial charge < -0.3 is 9.84 Å². The summed E-state index contributed by atoms with van der Waals surface area (Å²) in [6.07, 6.45) is 0.461. The van der Waals surface area contributed by atoms with Gasteiger partial charge in [0.05, 0.1) is 5.69 Å². The first kappa shape index (κ1) is 20.2. The molecule has 0 saturated carbocycles. The van der Waals surface area contributed by atoms with Crippen LogP contribution in [-0.4, -0.2) is 34.1 Å². The smallest absolute Gasteiger partial charge is 0.344 e. The lowest BCUT2D eigenvalue weighted by molar-refractivity contribution is -0.144. The van der Waals surface area contributed by atoms with Gasteiger partial charge in [0.1, 0.15) is 11.3 Å². The zero-order chi connectivity index (χ0) is 21.1. The van der Waals surface area contributed by atoms with Crippen molar-refractivity contribution in [2.45, 2.75) is 20.0 Å². The normalized spacial score (nSPS) is 16.6. The third-order valence-electron chi connectivity index (χ3n) is 4.31. The van der Waals surface area contributed by atoms with E-state index >= 15 is 0 Å². The SMILES string of the molecule is Cc1ccccc1N1C(=O)/C(=C/c2ccc(OC(C)C(=O)O)cc2)C(=O)NC1=S. The van der Waals surface area contributed by atoms with Crippen LogP contribution in [0, 0.1) is 6.92 Å². The number of hydrogen-bond acceptors (Lipinski definition) is 5. The molecule has 0 radical (unpaired) electrons. The highest BCUT2D eigenvalue weighted by Crippen LogP contribution is 2.25. The maximum atomic E-state index is 13.0. The van der Waals surface area contributed by atoms with E-state index in [0.29, 0.717) is 17.0 Å². The number of carboxylic acid groups (broad SMARTS) is 1. The quantitative estimate of drug-likeness (QED) is 0.447. The van der Waals surface area contributed by atoms with Crippen LogP contribution in [0.3, 0.4) is 0 Å². The average Bonchev–Trinajstić information content (AvgIpc) is 2.67. The van der Waals surface area contributed by atoms with Gasteiger partial charge in [-0.25, -0.2) is 4.79 Å². The highest BCUT2D eigenvalue weighted by atomic mass is 32.1. The number of nitrogens with zero attached hydrogens (tertiary/aromatic N) is 1. The molecular formula is C21H18N2O5S. The van der Waals surface area contributed by atoms with Crippen molar-refractivity contribution in [1.29, 1.82) is 0 Å². The first-order valence-corrected chi connectivity index (χ1v) is 9.15. The number of carbonyl (C=O) groups excluding carboxylic acids is 2. The second-order valence-corrected chi connectivity index (χ2v) is 6.80. The number of benzene rings is 2. The minimum atomic E-state index is -1.08. The summed E-state index contributed by atoms with van der Waals surface area (Å²) in [5, 5.41) is 11.5. The fourth-order valence-electron chi connectivity index (χ4n) is 2.75. The number of ether oxygens (including phenoxy) is 1. The molecule has 2 aromatic rings. The zero-order valence-corrected chi connectivity index (χ0v) is 16.5. The molecule has 29 heavy (non-hydrogen) atoms. The number of para-hydroxylation sites is 1. The number of carboxylic acids is 1. The van der Waals surface area contributed by atoms with Gasteiger partial charge in [-0.05, 0) is 61.5 Å². The summed E-state index contributed by atoms with van der Waals surface area (Å²) in [5.74, 6) is -1.81. The number of nitrogens with one attached hydrogen (secondary N) is 1. The molecule has 1 fully saturated rings. The molecule has 1 heterocycles. The zero-order valence-electron chi connectivity index (χ0n) is 15.7. The number of carbonyl (C=O) groups is 3. The van der Waals surface area contributed by atoms with Crippen molar-refractivity contribution in [3.63, 3.8) is 0 Å². The highest BCUT2D eigenvalue weighted by molar-refractivity contribution is 7.80. The van der Waals surface area contributed by atoms with Gasteiger partial charge in [0.15, 0.2) is 11.2 Å². The third-order valence-corrected chi connectivity index (χ3v) is 4.59. The molecule has 0 spiro atoms. The Labute approximate surface area is 172 Å². The molecule has 2 N–H and O–H groups in total. The lowest BCUT2D eigenvalue weighted by atomic mass is 10.1. The van der Waals surface area contributed by atoms with Crippen LogP contribution >= 0.6 is 12.2 Å². The Morgan fingerprint density at radius 2 is 1.83 bits per heavy atom. The van der Waals surface area contributed by atoms with Gasteiger partial charge in [-0.15, -0.1) is 0 Å². The summed E-state index contributed by atoms with van der Waals surface area (Å²) in [7, 11) is 0. The first-order chi connectivity index (χ1) is 13.8. The summed E-state index contributed by atoms with van der Waals surface area (Å²) < 4.78 is 5.27. The minimum Gasteiger partial charge on any atom is -0.479 e. The number of rotatable bonds is 5. The molecule has 1 saturated heterocycles. The Hall–Kier alpha value is -3.52. The number of amides is 2. The van der Waals surface area contributed by atoms with Gasteiger partial charge in [-0.3, -0.25) is 19.8 Å². The summed E-state index contributed by atoms with van der Waals surface area (Å²) >= 11 is 5.20. The monoisotopic (exact) mass is 410 g/mol. The molecule has 0 bridgehead atoms. The van der Waals surface area contributed by atoms with E-state index in [4.69, 9.17) is 22.1 Å². The summed E-state index contributed by atoms with van der Waals surface area (Å²) in [5.41, 5.74) is 1.96. The van der Waals surface area contributed by atoms with Crippen molar-refractivity contribution >= 4 is 46.9 Å². The van der Waals surface area contributed by atoms with Crippen LogP contribution in [-0.2, 0) is 14.4 Å². The molecule has 2 amide bonds. The fourth-order valence-corrected chi connectivity index (χ4v) is 3.03. The molecule has 1 atom stereocenters. The van der Waals surface area contributed by atoms with E-state index in [1.165, 1.54) is 17.9 Å². The number of aryl methyl sites for hydroxylation is 1. The van der Waals surface area contributed by atoms with E-state index in [2.05, 4.69) is 5.32 Å². The Bertz CT molecular complexity index is 1030. The van der Waals surface area contributed by atoms with Crippen LogP contribution in [0.15, 0.2) is 54.1 Å². The molecule has 1 aliphatic rings. The van der Waals surface area contributed by atoms with Crippen molar-refractivity contribution in [3.05, 3.63) is 65.2 Å². The highest BCUT2D eigenvalue weighted by Gasteiger charge is 2.34. The van der Waals surface area contributed by atoms with E-state index in [1.54, 1.807) is 36.4 Å². The number of aliphatic carboxylic acids is 1. The molecule has 3 rings (SSSR count). The number of thiocarbonyl (C=S) groups is 1. The first-order valence-electron chi connectivity index (χ1n) is 8.74. The largest absolute Gasteiger partial charge is 0.479 e. The molecule has 0 aliphatic carbocycles. The Balaban J connectivity index is 1.89. The minimum absolute atomic E-state index is 0.0258. The van der Waals surface area contributed by atoms with Gasteiger partial charge in [0.2, 0.25) is 0 Å². The van der Waals surface area contributed by atoms with Crippen molar-refractivity contribution in [3.8, 4) is 5.75 Å². The van der Waals surface area contributed by atoms with Crippen LogP contribution < -0.4 is 15.0 Å². The molecule has 148 valence electrons. The fraction of sp³-hybridized carbons (Fsp3) is 0.143. The summed E-state index contributed by atoms with van der Waals surface area (Å²) in [4.78, 5) is 37.5. The molecule has 8 heteroatoms. The Morgan fingerprint density at radius 1 is 1.17 bits per heavy atom. The van der Waals surface area contributed by atoms with Gasteiger partial charge in [0.25, 0.3) is 11.8 Å². The average molecular weight is 410 g/mol. The molecule has 1 aliphatic heterocycles. The maximum Gasteiger partial charge on any atom is 0.344 e. The summed E-state index contributed by atoms with van der Waals surface area (Å²) in [6, 6.07) is 13.6. The van der Waals surface area contributed by atoms with E-state index in [-0.39, 0.29) is 10.7 Å². The second kappa shape index (κ2) is 8.24. The molecular weight excluding hydrogens is 392 g/mol. The Morgan fingerprint density at radius 3 is 2.45 bits per heavy atom. The van der Waals surface area contributed by atoms with Gasteiger partial charge >= 0.3 is 5.97 Å². The number of hydrogen-bond donors (Lipinski definition) is 2. The van der Waals surface area contributed by atoms with Gasteiger partial charge in [-0.2, -0.15) is 0 Å². The molecule has 2 aromatic carbocycles. The van der Waals surface area contributed by atoms with Crippen LogP contribution in [0.2, 0.25) is 0 Å². The lowest BCUT2D eigenvalue weighted by Crippen LogP contribution is -2.54. The third kappa shape index (κ3) is 4.33. The van der Waals surface area contributed by atoms with E-state index in [1.807, 2.05) is 19.1 Å². The van der Waals surface area contributed by atoms with Gasteiger partial charge in [0, 0.05) is 0 Å². The van der Waals surface area contributed by atoms with Crippen molar-refractivity contribution in [1.82, 2.24) is 5.32 Å². The maximum absolute atomic E-state index is 13.0. The molecule has 7 nitrogen and oxygen atoms in total. The van der Waals surface area contributed by atoms with Crippen LogP contribution in [0.4, 0.5) is 5.69 Å². The molecule has 0 aromatic heterocycles. The van der Waals surface area contributed by atoms with Crippen molar-refractivity contribution < 1.29 is 24.2 Å². The summed E-state index contributed by atoms with van der Waals surface area (Å²) in [6.45, 7) is 3.27. The number of anilines is 1. The van der Waals surface area contributed by atoms with Crippen LogP contribution in [0.1, 0.15) is 18.1 Å². The standard InChI is InChI=1S/C21H18N2O5S/c1-12-5-3-4-6-17(12)23-19(25)16(18(24)22-21(23)29)11-14-7-9-15(10-8-14)28-13(2)20(26)27/h3-11,13H,1-2H3,(H,26,27)(H,22,24,29)/b16-11+. The van der Waals surface area contributed by atoms with E-state index in [0.717, 1.165) is 5.56 Å². The predicted octanol–water partition coefficient (Wildman–Crippen LogP) is 2.68. The van der Waals surface area contributed by atoms with E-state index < -0.39 is 23.9 Å². The molecule has 1 unspecified atom stereocenters. The van der Waals surface area contributed by atoms with Crippen molar-refractivity contribution in [2.24, 2.45) is 0 Å². The second-order valence-electron chi connectivity index (χ2n) is 6.41. The van der Waals surface area contributed by atoms with Crippen LogP contribution in [0.25, 0.3) is 6.08 Å². The van der Waals surface area contributed by atoms with Crippen molar-refractivity contribution in [2.75, 3.05) is 4.90 Å². The predicted molar refractivity (Wildman–Crippen MR) is 112 cm³/mol. The lowest BCUT2D eigenvalue weighted by Gasteiger charge is -2.30. The van der Waals surface area contributed by atoms with E-state index in [9.17, 15) is 14.4 Å². The topological polar surface area (TPSA) is 95.9 Å². The van der Waals surface area contributed by atoms with Crippen LogP contribution in [0.5, 0.6) is 5.75 Å². The Kier molecular flexibility index (Phi) is 5.74. The van der Waals surface area contributed by atoms with Gasteiger partial charge in [-0.1, -0.05) is 30.3 Å².